The average molecular weight is 495 g/mol. The molecule has 2 fully saturated rings. The van der Waals surface area contributed by atoms with Crippen molar-refractivity contribution in [2.45, 2.75) is 19.1 Å². The molecule has 0 aromatic heterocycles. The van der Waals surface area contributed by atoms with Crippen LogP contribution in [-0.2, 0) is 22.7 Å². The number of carbonyl (C=O) groups is 3. The van der Waals surface area contributed by atoms with E-state index >= 15 is 0 Å². The largest absolute Gasteiger partial charge is 0.491 e. The maximum absolute atomic E-state index is 12.9. The SMILES string of the molecule is CN1CCN(Cc2ccc3c(c2)CN(C(=O)CN2C(=O)CSC2=O)CCO3)[C@@H](c2ccccc2)C1. The topological polar surface area (TPSA) is 73.4 Å². The Morgan fingerprint density at radius 2 is 1.91 bits per heavy atom. The van der Waals surface area contributed by atoms with Crippen LogP contribution in [0, 0.1) is 0 Å². The van der Waals surface area contributed by atoms with E-state index in [2.05, 4.69) is 53.2 Å². The van der Waals surface area contributed by atoms with Crippen LogP contribution in [0.2, 0.25) is 0 Å². The van der Waals surface area contributed by atoms with Gasteiger partial charge in [0.25, 0.3) is 5.24 Å². The molecule has 3 aliphatic heterocycles. The molecule has 3 amide bonds. The van der Waals surface area contributed by atoms with E-state index in [1.165, 1.54) is 11.1 Å². The highest BCUT2D eigenvalue weighted by Gasteiger charge is 2.33. The monoisotopic (exact) mass is 494 g/mol. The predicted octanol–water partition coefficient (Wildman–Crippen LogP) is 2.59. The van der Waals surface area contributed by atoms with Crippen molar-refractivity contribution in [1.29, 1.82) is 0 Å². The first kappa shape index (κ1) is 23.8. The van der Waals surface area contributed by atoms with Crippen LogP contribution in [0.25, 0.3) is 0 Å². The van der Waals surface area contributed by atoms with Crippen molar-refractivity contribution in [1.82, 2.24) is 19.6 Å². The molecular formula is C26H30N4O4S. The van der Waals surface area contributed by atoms with Gasteiger partial charge in [0.1, 0.15) is 18.9 Å². The van der Waals surface area contributed by atoms with Crippen molar-refractivity contribution in [2.75, 3.05) is 52.1 Å². The molecule has 0 spiro atoms. The molecule has 0 radical (unpaired) electrons. The first-order valence-electron chi connectivity index (χ1n) is 11.9. The van der Waals surface area contributed by atoms with Crippen LogP contribution in [0.1, 0.15) is 22.7 Å². The highest BCUT2D eigenvalue weighted by molar-refractivity contribution is 8.14. The fourth-order valence-corrected chi connectivity index (χ4v) is 5.63. The molecule has 1 atom stereocenters. The molecule has 35 heavy (non-hydrogen) atoms. The number of amides is 3. The lowest BCUT2D eigenvalue weighted by Gasteiger charge is -2.40. The molecule has 3 aliphatic rings. The van der Waals surface area contributed by atoms with Gasteiger partial charge in [-0.25, -0.2) is 0 Å². The number of hydrogen-bond acceptors (Lipinski definition) is 7. The van der Waals surface area contributed by atoms with E-state index in [4.69, 9.17) is 4.74 Å². The predicted molar refractivity (Wildman–Crippen MR) is 134 cm³/mol. The molecule has 8 nitrogen and oxygen atoms in total. The lowest BCUT2D eigenvalue weighted by Crippen LogP contribution is -2.46. The molecule has 0 unspecified atom stereocenters. The van der Waals surface area contributed by atoms with Crippen molar-refractivity contribution < 1.29 is 19.1 Å². The van der Waals surface area contributed by atoms with Gasteiger partial charge in [-0.2, -0.15) is 0 Å². The lowest BCUT2D eigenvalue weighted by atomic mass is 10.0. The van der Waals surface area contributed by atoms with E-state index < -0.39 is 0 Å². The van der Waals surface area contributed by atoms with E-state index in [0.717, 1.165) is 54.2 Å². The Hall–Kier alpha value is -2.88. The summed E-state index contributed by atoms with van der Waals surface area (Å²) in [6.45, 7) is 4.77. The van der Waals surface area contributed by atoms with E-state index in [9.17, 15) is 14.4 Å². The molecule has 0 aliphatic carbocycles. The Kier molecular flexibility index (Phi) is 7.08. The second-order valence-corrected chi connectivity index (χ2v) is 10.2. The fraction of sp³-hybridized carbons (Fsp3) is 0.423. The number of thioether (sulfide) groups is 1. The summed E-state index contributed by atoms with van der Waals surface area (Å²) >= 11 is 0.946. The summed E-state index contributed by atoms with van der Waals surface area (Å²) < 4.78 is 5.92. The van der Waals surface area contributed by atoms with Crippen LogP contribution < -0.4 is 4.74 Å². The molecule has 3 heterocycles. The van der Waals surface area contributed by atoms with Crippen molar-refractivity contribution in [3.8, 4) is 5.75 Å². The molecule has 5 rings (SSSR count). The molecule has 2 aromatic carbocycles. The van der Waals surface area contributed by atoms with E-state index in [1.807, 2.05) is 12.1 Å². The second-order valence-electron chi connectivity index (χ2n) is 9.30. The van der Waals surface area contributed by atoms with Gasteiger partial charge >= 0.3 is 0 Å². The van der Waals surface area contributed by atoms with Crippen LogP contribution in [-0.4, -0.2) is 88.8 Å². The molecule has 184 valence electrons. The summed E-state index contributed by atoms with van der Waals surface area (Å²) in [5.41, 5.74) is 3.44. The van der Waals surface area contributed by atoms with Gasteiger partial charge in [-0.1, -0.05) is 48.2 Å². The normalized spacial score (nSPS) is 21.6. The minimum absolute atomic E-state index is 0.109. The Bertz CT molecular complexity index is 1100. The molecule has 2 aromatic rings. The van der Waals surface area contributed by atoms with Crippen LogP contribution in [0.15, 0.2) is 48.5 Å². The van der Waals surface area contributed by atoms with Gasteiger partial charge in [0, 0.05) is 44.3 Å². The first-order valence-corrected chi connectivity index (χ1v) is 12.9. The summed E-state index contributed by atoms with van der Waals surface area (Å²) in [5, 5.41) is -0.350. The highest BCUT2D eigenvalue weighted by atomic mass is 32.2. The highest BCUT2D eigenvalue weighted by Crippen LogP contribution is 2.29. The Balaban J connectivity index is 1.30. The second kappa shape index (κ2) is 10.4. The first-order chi connectivity index (χ1) is 17.0. The zero-order chi connectivity index (χ0) is 24.4. The van der Waals surface area contributed by atoms with Crippen molar-refractivity contribution in [2.24, 2.45) is 0 Å². The van der Waals surface area contributed by atoms with Crippen molar-refractivity contribution in [3.63, 3.8) is 0 Å². The van der Waals surface area contributed by atoms with Crippen LogP contribution >= 0.6 is 11.8 Å². The number of fused-ring (bicyclic) bond motifs is 1. The molecule has 9 heteroatoms. The van der Waals surface area contributed by atoms with Gasteiger partial charge in [-0.15, -0.1) is 0 Å². The zero-order valence-corrected chi connectivity index (χ0v) is 20.7. The van der Waals surface area contributed by atoms with E-state index in [-0.39, 0.29) is 29.4 Å². The van der Waals surface area contributed by atoms with Gasteiger partial charge in [0.2, 0.25) is 11.8 Å². The smallest absolute Gasteiger partial charge is 0.289 e. The molecule has 2 saturated heterocycles. The third kappa shape index (κ3) is 5.37. The minimum atomic E-state index is -0.350. The van der Waals surface area contributed by atoms with Gasteiger partial charge in [0.05, 0.1) is 12.3 Å². The lowest BCUT2D eigenvalue weighted by molar-refractivity contribution is -0.137. The molecule has 0 N–H and O–H groups in total. The van der Waals surface area contributed by atoms with Crippen LogP contribution in [0.5, 0.6) is 5.75 Å². The van der Waals surface area contributed by atoms with Gasteiger partial charge in [-0.3, -0.25) is 24.2 Å². The van der Waals surface area contributed by atoms with Crippen LogP contribution in [0.4, 0.5) is 4.79 Å². The quantitative estimate of drug-likeness (QED) is 0.633. The number of benzene rings is 2. The number of imide groups is 1. The maximum atomic E-state index is 12.9. The minimum Gasteiger partial charge on any atom is -0.491 e. The van der Waals surface area contributed by atoms with Gasteiger partial charge < -0.3 is 14.5 Å². The number of ether oxygens (including phenoxy) is 1. The third-order valence-corrected chi connectivity index (χ3v) is 7.71. The summed E-state index contributed by atoms with van der Waals surface area (Å²) in [4.78, 5) is 44.4. The standard InChI is InChI=1S/C26H30N4O4S/c1-27-9-10-28(22(16-27)20-5-3-2-4-6-20)14-19-7-8-23-21(13-19)15-29(11-12-34-23)24(31)17-30-25(32)18-35-26(30)33/h2-8,13,22H,9-12,14-18H2,1H3/t22-/m1/s1. The Labute approximate surface area is 209 Å². The number of piperazine rings is 1. The van der Waals surface area contributed by atoms with Gasteiger partial charge in [0.15, 0.2) is 0 Å². The number of carbonyl (C=O) groups excluding carboxylic acids is 3. The van der Waals surface area contributed by atoms with Crippen molar-refractivity contribution >= 4 is 28.8 Å². The zero-order valence-electron chi connectivity index (χ0n) is 19.9. The summed E-state index contributed by atoms with van der Waals surface area (Å²) in [5.74, 6) is 0.352. The van der Waals surface area contributed by atoms with Crippen molar-refractivity contribution in [3.05, 3.63) is 65.2 Å². The Morgan fingerprint density at radius 3 is 2.69 bits per heavy atom. The van der Waals surface area contributed by atoms with E-state index in [0.29, 0.717) is 25.7 Å². The van der Waals surface area contributed by atoms with Gasteiger partial charge in [-0.05, 0) is 30.3 Å². The number of rotatable bonds is 5. The fourth-order valence-electron chi connectivity index (χ4n) is 4.90. The third-order valence-electron chi connectivity index (χ3n) is 6.86. The summed E-state index contributed by atoms with van der Waals surface area (Å²) in [6, 6.07) is 17.2. The summed E-state index contributed by atoms with van der Waals surface area (Å²) in [7, 11) is 2.17. The molecular weight excluding hydrogens is 464 g/mol. The van der Waals surface area contributed by atoms with E-state index in [1.54, 1.807) is 4.90 Å². The van der Waals surface area contributed by atoms with Crippen LogP contribution in [0.3, 0.4) is 0 Å². The summed E-state index contributed by atoms with van der Waals surface area (Å²) in [6.07, 6.45) is 0. The maximum Gasteiger partial charge on any atom is 0.289 e. The Morgan fingerprint density at radius 1 is 1.09 bits per heavy atom. The molecule has 0 saturated carbocycles. The number of nitrogens with zero attached hydrogens (tertiary/aromatic N) is 4. The number of hydrogen-bond donors (Lipinski definition) is 0. The molecule has 0 bridgehead atoms. The average Bonchev–Trinajstić information content (AvgIpc) is 3.05. The number of likely N-dealkylation sites (N-methyl/N-ethyl adjacent to an activating group) is 1.